The van der Waals surface area contributed by atoms with Crippen molar-refractivity contribution in [1.29, 1.82) is 0 Å². The Morgan fingerprint density at radius 3 is 0.840 bits per heavy atom. The number of benzene rings is 7. The minimum atomic E-state index is 1.16. The lowest BCUT2D eigenvalue weighted by atomic mass is 10.1. The standard InChI is InChI=1S/C46H36N2S2/c1-29-5-13-33(14-6-29)47(34-15-7-30(2)8-16-34)37-21-23-43-39(25-37)41-27-46-42(28-45(41)49-43)40-26-38(22-24-44(40)50-46)48(35-17-9-31(3)10-18-35)36-19-11-32(4)12-20-36/h5-28H,1-4H3. The van der Waals surface area contributed by atoms with Gasteiger partial charge in [-0.15, -0.1) is 22.7 Å². The summed E-state index contributed by atoms with van der Waals surface area (Å²) in [6, 6.07) is 54.1. The predicted molar refractivity (Wildman–Crippen MR) is 221 cm³/mol. The van der Waals surface area contributed by atoms with Crippen molar-refractivity contribution in [3.8, 4) is 0 Å². The number of fused-ring (bicyclic) bond motifs is 6. The largest absolute Gasteiger partial charge is 0.310 e. The van der Waals surface area contributed by atoms with E-state index in [2.05, 4.69) is 183 Å². The Balaban J connectivity index is 1.18. The summed E-state index contributed by atoms with van der Waals surface area (Å²) in [5.74, 6) is 0. The first-order chi connectivity index (χ1) is 24.4. The van der Waals surface area contributed by atoms with Crippen molar-refractivity contribution in [2.75, 3.05) is 9.80 Å². The summed E-state index contributed by atoms with van der Waals surface area (Å²) in [5, 5.41) is 5.24. The Bertz CT molecular complexity index is 2380. The average Bonchev–Trinajstić information content (AvgIpc) is 3.67. The van der Waals surface area contributed by atoms with Gasteiger partial charge < -0.3 is 9.80 Å². The zero-order valence-corrected chi connectivity index (χ0v) is 30.2. The molecule has 0 saturated carbocycles. The maximum Gasteiger partial charge on any atom is 0.0468 e. The van der Waals surface area contributed by atoms with Crippen LogP contribution in [0.5, 0.6) is 0 Å². The smallest absolute Gasteiger partial charge is 0.0468 e. The summed E-state index contributed by atoms with van der Waals surface area (Å²) < 4.78 is 5.26. The third-order valence-electron chi connectivity index (χ3n) is 9.71. The molecule has 4 heteroatoms. The van der Waals surface area contributed by atoms with Gasteiger partial charge in [0.25, 0.3) is 0 Å². The highest BCUT2D eigenvalue weighted by Gasteiger charge is 2.18. The third-order valence-corrected chi connectivity index (χ3v) is 12.0. The number of anilines is 6. The average molecular weight is 681 g/mol. The molecule has 7 aromatic carbocycles. The van der Waals surface area contributed by atoms with Gasteiger partial charge in [0.05, 0.1) is 0 Å². The highest BCUT2D eigenvalue weighted by Crippen LogP contribution is 2.46. The summed E-state index contributed by atoms with van der Waals surface area (Å²) in [6.07, 6.45) is 0. The van der Waals surface area contributed by atoms with Gasteiger partial charge in [-0.1, -0.05) is 70.8 Å². The van der Waals surface area contributed by atoms with Crippen LogP contribution < -0.4 is 9.80 Å². The Kier molecular flexibility index (Phi) is 7.45. The van der Waals surface area contributed by atoms with E-state index in [0.717, 1.165) is 22.7 Å². The fraction of sp³-hybridized carbons (Fsp3) is 0.0870. The maximum absolute atomic E-state index is 2.43. The quantitative estimate of drug-likeness (QED) is 0.172. The Morgan fingerprint density at radius 2 is 0.540 bits per heavy atom. The first-order valence-electron chi connectivity index (χ1n) is 17.1. The van der Waals surface area contributed by atoms with E-state index in [1.165, 1.54) is 74.0 Å². The van der Waals surface area contributed by atoms with E-state index in [0.29, 0.717) is 0 Å². The van der Waals surface area contributed by atoms with Crippen LogP contribution in [0.25, 0.3) is 40.3 Å². The van der Waals surface area contributed by atoms with Crippen LogP contribution in [0.4, 0.5) is 34.1 Å². The van der Waals surface area contributed by atoms with Crippen LogP contribution in [-0.4, -0.2) is 0 Å². The molecule has 0 spiro atoms. The van der Waals surface area contributed by atoms with Gasteiger partial charge in [-0.2, -0.15) is 0 Å². The van der Waals surface area contributed by atoms with E-state index in [4.69, 9.17) is 0 Å². The van der Waals surface area contributed by atoms with Crippen LogP contribution in [0.3, 0.4) is 0 Å². The minimum absolute atomic E-state index is 1.16. The molecule has 0 radical (unpaired) electrons. The van der Waals surface area contributed by atoms with E-state index in [1.54, 1.807) is 0 Å². The van der Waals surface area contributed by atoms with Crippen LogP contribution in [0, 0.1) is 27.7 Å². The Hall–Kier alpha value is -5.42. The fourth-order valence-corrected chi connectivity index (χ4v) is 9.18. The van der Waals surface area contributed by atoms with Crippen molar-refractivity contribution < 1.29 is 0 Å². The molecule has 0 bridgehead atoms. The summed E-state index contributed by atoms with van der Waals surface area (Å²) in [7, 11) is 0. The third kappa shape index (κ3) is 5.42. The second-order valence-corrected chi connectivity index (χ2v) is 15.6. The molecular formula is C46H36N2S2. The highest BCUT2D eigenvalue weighted by molar-refractivity contribution is 7.27. The summed E-state index contributed by atoms with van der Waals surface area (Å²) >= 11 is 3.77. The lowest BCUT2D eigenvalue weighted by Crippen LogP contribution is -2.09. The SMILES string of the molecule is Cc1ccc(N(c2ccc(C)cc2)c2ccc3sc4cc5c(cc4c3c2)sc2ccc(N(c3ccc(C)cc3)c3ccc(C)cc3)cc25)cc1. The van der Waals surface area contributed by atoms with Gasteiger partial charge in [-0.05, 0) is 125 Å². The monoisotopic (exact) mass is 680 g/mol. The number of nitrogens with zero attached hydrogens (tertiary/aromatic N) is 2. The first kappa shape index (κ1) is 30.6. The van der Waals surface area contributed by atoms with E-state index in [1.807, 2.05) is 22.7 Å². The number of rotatable bonds is 6. The molecule has 0 N–H and O–H groups in total. The molecule has 0 unspecified atom stereocenters. The van der Waals surface area contributed by atoms with E-state index in [9.17, 15) is 0 Å². The van der Waals surface area contributed by atoms with Crippen molar-refractivity contribution in [3.05, 3.63) is 168 Å². The molecule has 0 aliphatic rings. The summed E-state index contributed by atoms with van der Waals surface area (Å²) in [4.78, 5) is 4.74. The van der Waals surface area contributed by atoms with Gasteiger partial charge in [-0.3, -0.25) is 0 Å². The van der Waals surface area contributed by atoms with E-state index >= 15 is 0 Å². The van der Waals surface area contributed by atoms with Crippen LogP contribution in [0.1, 0.15) is 22.3 Å². The van der Waals surface area contributed by atoms with Gasteiger partial charge in [0, 0.05) is 74.5 Å². The van der Waals surface area contributed by atoms with Crippen LogP contribution in [0.2, 0.25) is 0 Å². The minimum Gasteiger partial charge on any atom is -0.310 e. The Morgan fingerprint density at radius 1 is 0.280 bits per heavy atom. The molecule has 50 heavy (non-hydrogen) atoms. The first-order valence-corrected chi connectivity index (χ1v) is 18.7. The predicted octanol–water partition coefficient (Wildman–Crippen LogP) is 14.6. The second-order valence-electron chi connectivity index (χ2n) is 13.4. The molecule has 0 fully saturated rings. The van der Waals surface area contributed by atoms with Crippen molar-refractivity contribution in [2.24, 2.45) is 0 Å². The molecule has 2 nitrogen and oxygen atoms in total. The molecule has 0 aliphatic carbocycles. The molecule has 9 rings (SSSR count). The molecule has 0 saturated heterocycles. The molecule has 9 aromatic rings. The maximum atomic E-state index is 2.43. The molecule has 2 heterocycles. The molecule has 0 aliphatic heterocycles. The molecular weight excluding hydrogens is 645 g/mol. The lowest BCUT2D eigenvalue weighted by Gasteiger charge is -2.26. The number of hydrogen-bond donors (Lipinski definition) is 0. The lowest BCUT2D eigenvalue weighted by molar-refractivity contribution is 1.27. The zero-order valence-electron chi connectivity index (χ0n) is 28.6. The molecule has 242 valence electrons. The van der Waals surface area contributed by atoms with Crippen LogP contribution in [-0.2, 0) is 0 Å². The Labute approximate surface area is 301 Å². The van der Waals surface area contributed by atoms with E-state index < -0.39 is 0 Å². The van der Waals surface area contributed by atoms with Crippen molar-refractivity contribution in [2.45, 2.75) is 27.7 Å². The number of aryl methyl sites for hydroxylation is 4. The van der Waals surface area contributed by atoms with Gasteiger partial charge in [0.2, 0.25) is 0 Å². The zero-order chi connectivity index (χ0) is 33.9. The van der Waals surface area contributed by atoms with Crippen molar-refractivity contribution in [3.63, 3.8) is 0 Å². The van der Waals surface area contributed by atoms with E-state index in [-0.39, 0.29) is 0 Å². The van der Waals surface area contributed by atoms with Gasteiger partial charge in [0.15, 0.2) is 0 Å². The van der Waals surface area contributed by atoms with Gasteiger partial charge in [-0.25, -0.2) is 0 Å². The topological polar surface area (TPSA) is 6.48 Å². The molecule has 0 amide bonds. The normalized spacial score (nSPS) is 11.6. The summed E-state index contributed by atoms with van der Waals surface area (Å²) in [6.45, 7) is 8.57. The number of thiophene rings is 2. The van der Waals surface area contributed by atoms with Crippen LogP contribution in [0.15, 0.2) is 146 Å². The highest BCUT2D eigenvalue weighted by atomic mass is 32.1. The fourth-order valence-electron chi connectivity index (χ4n) is 6.97. The van der Waals surface area contributed by atoms with Gasteiger partial charge >= 0.3 is 0 Å². The molecule has 0 atom stereocenters. The number of hydrogen-bond acceptors (Lipinski definition) is 4. The van der Waals surface area contributed by atoms with Crippen molar-refractivity contribution >= 4 is 97.1 Å². The molecule has 2 aromatic heterocycles. The van der Waals surface area contributed by atoms with Crippen LogP contribution >= 0.6 is 22.7 Å². The summed E-state index contributed by atoms with van der Waals surface area (Å²) in [5.41, 5.74) is 12.0. The second kappa shape index (κ2) is 12.2. The van der Waals surface area contributed by atoms with Crippen molar-refractivity contribution in [1.82, 2.24) is 0 Å². The van der Waals surface area contributed by atoms with Gasteiger partial charge in [0.1, 0.15) is 0 Å².